The standard InChI is InChI=1S/C21H23N5/c1-15(21-24-19-4-2-3-5-20(19)25-21)23-17-10-12-26(13-11-17)18-8-6-16(14-22)7-9-18/h2-9,15,17,23H,10-13H2,1H3,(H,24,25)/t15-/m0/s1. The van der Waals surface area contributed by atoms with Crippen LogP contribution in [0.1, 0.15) is 37.2 Å². The van der Waals surface area contributed by atoms with Crippen LogP contribution < -0.4 is 10.2 Å². The van der Waals surface area contributed by atoms with E-state index < -0.39 is 0 Å². The fourth-order valence-electron chi connectivity index (χ4n) is 3.66. The molecule has 4 rings (SSSR count). The van der Waals surface area contributed by atoms with E-state index in [9.17, 15) is 0 Å². The van der Waals surface area contributed by atoms with Gasteiger partial charge in [0.1, 0.15) is 5.82 Å². The van der Waals surface area contributed by atoms with E-state index in [1.165, 1.54) is 5.69 Å². The highest BCUT2D eigenvalue weighted by molar-refractivity contribution is 5.74. The lowest BCUT2D eigenvalue weighted by Crippen LogP contribution is -2.43. The second kappa shape index (κ2) is 7.19. The van der Waals surface area contributed by atoms with E-state index in [0.717, 1.165) is 42.8 Å². The van der Waals surface area contributed by atoms with Gasteiger partial charge in [-0.25, -0.2) is 4.98 Å². The number of nitrogens with zero attached hydrogens (tertiary/aromatic N) is 3. The van der Waals surface area contributed by atoms with Crippen molar-refractivity contribution in [3.63, 3.8) is 0 Å². The third-order valence-corrected chi connectivity index (χ3v) is 5.16. The molecule has 26 heavy (non-hydrogen) atoms. The molecule has 0 spiro atoms. The third kappa shape index (κ3) is 3.42. The number of nitriles is 1. The minimum absolute atomic E-state index is 0.203. The van der Waals surface area contributed by atoms with Gasteiger partial charge in [0.25, 0.3) is 0 Å². The van der Waals surface area contributed by atoms with Gasteiger partial charge in [-0.2, -0.15) is 5.26 Å². The summed E-state index contributed by atoms with van der Waals surface area (Å²) in [5.74, 6) is 1.00. The molecule has 0 unspecified atom stereocenters. The number of hydrogen-bond acceptors (Lipinski definition) is 4. The molecule has 5 heteroatoms. The van der Waals surface area contributed by atoms with Crippen LogP contribution in [0, 0.1) is 11.3 Å². The highest BCUT2D eigenvalue weighted by Gasteiger charge is 2.22. The van der Waals surface area contributed by atoms with Crippen LogP contribution in [0.25, 0.3) is 11.0 Å². The second-order valence-electron chi connectivity index (χ2n) is 6.95. The quantitative estimate of drug-likeness (QED) is 0.755. The van der Waals surface area contributed by atoms with Gasteiger partial charge < -0.3 is 15.2 Å². The maximum atomic E-state index is 8.92. The smallest absolute Gasteiger partial charge is 0.124 e. The molecule has 2 heterocycles. The van der Waals surface area contributed by atoms with Gasteiger partial charge >= 0.3 is 0 Å². The highest BCUT2D eigenvalue weighted by Crippen LogP contribution is 2.22. The van der Waals surface area contributed by atoms with E-state index >= 15 is 0 Å². The minimum atomic E-state index is 0.203. The number of rotatable bonds is 4. The number of aromatic nitrogens is 2. The summed E-state index contributed by atoms with van der Waals surface area (Å²) in [5, 5.41) is 12.6. The van der Waals surface area contributed by atoms with Crippen LogP contribution in [0.15, 0.2) is 48.5 Å². The Morgan fingerprint density at radius 3 is 2.58 bits per heavy atom. The maximum absolute atomic E-state index is 8.92. The zero-order valence-corrected chi connectivity index (χ0v) is 14.9. The largest absolute Gasteiger partial charge is 0.371 e. The molecule has 1 atom stereocenters. The number of piperidine rings is 1. The molecule has 1 fully saturated rings. The summed E-state index contributed by atoms with van der Waals surface area (Å²) in [6.45, 7) is 4.22. The van der Waals surface area contributed by atoms with Crippen molar-refractivity contribution in [1.29, 1.82) is 5.26 Å². The molecule has 0 bridgehead atoms. The van der Waals surface area contributed by atoms with Crippen molar-refractivity contribution in [3.8, 4) is 6.07 Å². The van der Waals surface area contributed by atoms with E-state index in [4.69, 9.17) is 10.2 Å². The van der Waals surface area contributed by atoms with Gasteiger partial charge in [0, 0.05) is 24.8 Å². The number of anilines is 1. The molecule has 1 saturated heterocycles. The monoisotopic (exact) mass is 345 g/mol. The van der Waals surface area contributed by atoms with Crippen LogP contribution in [0.2, 0.25) is 0 Å². The van der Waals surface area contributed by atoms with Gasteiger partial charge in [-0.1, -0.05) is 12.1 Å². The van der Waals surface area contributed by atoms with Gasteiger partial charge in [-0.3, -0.25) is 0 Å². The normalized spacial score (nSPS) is 16.5. The van der Waals surface area contributed by atoms with E-state index in [2.05, 4.69) is 34.3 Å². The molecule has 5 nitrogen and oxygen atoms in total. The number of benzene rings is 2. The fraction of sp³-hybridized carbons (Fsp3) is 0.333. The first-order valence-corrected chi connectivity index (χ1v) is 9.19. The predicted molar refractivity (Wildman–Crippen MR) is 104 cm³/mol. The van der Waals surface area contributed by atoms with Crippen molar-refractivity contribution in [2.24, 2.45) is 0 Å². The summed E-state index contributed by atoms with van der Waals surface area (Å²) in [6, 6.07) is 18.9. The Kier molecular flexibility index (Phi) is 4.59. The van der Waals surface area contributed by atoms with E-state index in [1.54, 1.807) is 0 Å². The molecule has 3 aromatic rings. The van der Waals surface area contributed by atoms with Crippen LogP contribution in [0.3, 0.4) is 0 Å². The van der Waals surface area contributed by atoms with Gasteiger partial charge in [0.15, 0.2) is 0 Å². The Labute approximate surface area is 153 Å². The molecule has 2 N–H and O–H groups in total. The average molecular weight is 345 g/mol. The molecule has 1 aliphatic rings. The Morgan fingerprint density at radius 2 is 1.88 bits per heavy atom. The zero-order chi connectivity index (χ0) is 17.9. The average Bonchev–Trinajstić information content (AvgIpc) is 3.13. The number of fused-ring (bicyclic) bond motifs is 1. The van der Waals surface area contributed by atoms with Crippen molar-refractivity contribution >= 4 is 16.7 Å². The maximum Gasteiger partial charge on any atom is 0.124 e. The Bertz CT molecular complexity index is 880. The number of aromatic amines is 1. The molecule has 0 radical (unpaired) electrons. The number of hydrogen-bond donors (Lipinski definition) is 2. The van der Waals surface area contributed by atoms with Crippen molar-refractivity contribution < 1.29 is 0 Å². The molecular weight excluding hydrogens is 322 g/mol. The first-order chi connectivity index (χ1) is 12.7. The van der Waals surface area contributed by atoms with Crippen molar-refractivity contribution in [2.45, 2.75) is 31.8 Å². The molecule has 1 aromatic heterocycles. The van der Waals surface area contributed by atoms with E-state index in [1.807, 2.05) is 42.5 Å². The Balaban J connectivity index is 1.35. The van der Waals surface area contributed by atoms with Crippen LogP contribution in [-0.2, 0) is 0 Å². The van der Waals surface area contributed by atoms with Crippen LogP contribution in [0.4, 0.5) is 5.69 Å². The lowest BCUT2D eigenvalue weighted by Gasteiger charge is -2.35. The summed E-state index contributed by atoms with van der Waals surface area (Å²) in [6.07, 6.45) is 2.20. The Hall–Kier alpha value is -2.84. The van der Waals surface area contributed by atoms with Gasteiger partial charge in [0.05, 0.1) is 28.7 Å². The van der Waals surface area contributed by atoms with Gasteiger partial charge in [-0.15, -0.1) is 0 Å². The predicted octanol–water partition coefficient (Wildman–Crippen LogP) is 3.75. The summed E-state index contributed by atoms with van der Waals surface area (Å²) < 4.78 is 0. The van der Waals surface area contributed by atoms with Crippen LogP contribution >= 0.6 is 0 Å². The lowest BCUT2D eigenvalue weighted by molar-refractivity contribution is 0.375. The minimum Gasteiger partial charge on any atom is -0.371 e. The molecule has 0 amide bonds. The number of nitrogens with one attached hydrogen (secondary N) is 2. The van der Waals surface area contributed by atoms with Crippen molar-refractivity contribution in [3.05, 3.63) is 59.9 Å². The SMILES string of the molecule is C[C@H](NC1CCN(c2ccc(C#N)cc2)CC1)c1nc2ccccc2[nH]1. The number of H-pyrrole nitrogens is 1. The first-order valence-electron chi connectivity index (χ1n) is 9.19. The van der Waals surface area contributed by atoms with Gasteiger partial charge in [-0.05, 0) is 56.2 Å². The highest BCUT2D eigenvalue weighted by atomic mass is 15.2. The molecule has 132 valence electrons. The van der Waals surface area contributed by atoms with Gasteiger partial charge in [0.2, 0.25) is 0 Å². The fourth-order valence-corrected chi connectivity index (χ4v) is 3.66. The number of imidazole rings is 1. The topological polar surface area (TPSA) is 67.7 Å². The molecule has 1 aliphatic heterocycles. The lowest BCUT2D eigenvalue weighted by atomic mass is 10.0. The molecule has 2 aromatic carbocycles. The molecular formula is C21H23N5. The summed E-state index contributed by atoms with van der Waals surface area (Å²) in [7, 11) is 0. The second-order valence-corrected chi connectivity index (χ2v) is 6.95. The first kappa shape index (κ1) is 16.6. The third-order valence-electron chi connectivity index (χ3n) is 5.16. The van der Waals surface area contributed by atoms with Crippen LogP contribution in [0.5, 0.6) is 0 Å². The van der Waals surface area contributed by atoms with Crippen molar-refractivity contribution in [1.82, 2.24) is 15.3 Å². The molecule has 0 saturated carbocycles. The number of para-hydroxylation sites is 2. The Morgan fingerprint density at radius 1 is 1.15 bits per heavy atom. The van der Waals surface area contributed by atoms with Crippen LogP contribution in [-0.4, -0.2) is 29.1 Å². The zero-order valence-electron chi connectivity index (χ0n) is 14.9. The summed E-state index contributed by atoms with van der Waals surface area (Å²) in [5.41, 5.74) is 4.02. The summed E-state index contributed by atoms with van der Waals surface area (Å²) in [4.78, 5) is 10.5. The van der Waals surface area contributed by atoms with Crippen molar-refractivity contribution in [2.75, 3.05) is 18.0 Å². The van der Waals surface area contributed by atoms with E-state index in [-0.39, 0.29) is 6.04 Å². The summed E-state index contributed by atoms with van der Waals surface area (Å²) >= 11 is 0. The molecule has 0 aliphatic carbocycles. The van der Waals surface area contributed by atoms with E-state index in [0.29, 0.717) is 11.6 Å².